The first-order valence-corrected chi connectivity index (χ1v) is 5.67. The molecule has 0 saturated heterocycles. The van der Waals surface area contributed by atoms with Gasteiger partial charge in [0.15, 0.2) is 0 Å². The molecule has 0 spiro atoms. The van der Waals surface area contributed by atoms with Gasteiger partial charge >= 0.3 is 0 Å². The highest BCUT2D eigenvalue weighted by molar-refractivity contribution is 9.10. The van der Waals surface area contributed by atoms with Crippen molar-refractivity contribution in [1.29, 1.82) is 0 Å². The van der Waals surface area contributed by atoms with Gasteiger partial charge in [-0.1, -0.05) is 22.0 Å². The van der Waals surface area contributed by atoms with Crippen molar-refractivity contribution in [2.75, 3.05) is 25.1 Å². The molecule has 0 aliphatic rings. The van der Waals surface area contributed by atoms with E-state index in [1.165, 1.54) is 5.56 Å². The second kappa shape index (κ2) is 5.49. The molecule has 1 rings (SSSR count). The van der Waals surface area contributed by atoms with Gasteiger partial charge in [-0.15, -0.1) is 0 Å². The number of nitrogens with two attached hydrogens (primary N) is 1. The third-order valence-electron chi connectivity index (χ3n) is 2.33. The van der Waals surface area contributed by atoms with Crippen molar-refractivity contribution in [2.45, 2.75) is 13.0 Å². The minimum absolute atomic E-state index is 0.0113. The van der Waals surface area contributed by atoms with Gasteiger partial charge in [0.1, 0.15) is 0 Å². The fourth-order valence-corrected chi connectivity index (χ4v) is 1.85. The number of aryl methyl sites for hydroxylation is 1. The summed E-state index contributed by atoms with van der Waals surface area (Å²) in [5.41, 5.74) is 8.03. The van der Waals surface area contributed by atoms with E-state index in [2.05, 4.69) is 39.9 Å². The van der Waals surface area contributed by atoms with Crippen LogP contribution in [0.3, 0.4) is 0 Å². The molecule has 0 bridgehead atoms. The van der Waals surface area contributed by atoms with Crippen LogP contribution >= 0.6 is 15.9 Å². The van der Waals surface area contributed by atoms with E-state index in [-0.39, 0.29) is 12.6 Å². The summed E-state index contributed by atoms with van der Waals surface area (Å²) in [6.07, 6.45) is 0. The Balaban J connectivity index is 2.80. The average Bonchev–Trinajstić information content (AvgIpc) is 2.21. The number of aliphatic hydroxyl groups excluding tert-OH is 1. The molecule has 0 heterocycles. The predicted octanol–water partition coefficient (Wildman–Crippen LogP) is 1.51. The average molecular weight is 273 g/mol. The molecule has 1 atom stereocenters. The van der Waals surface area contributed by atoms with Gasteiger partial charge in [0.2, 0.25) is 0 Å². The summed E-state index contributed by atoms with van der Waals surface area (Å²) in [5, 5.41) is 8.89. The first-order chi connectivity index (χ1) is 7.04. The lowest BCUT2D eigenvalue weighted by molar-refractivity contribution is 0.267. The van der Waals surface area contributed by atoms with E-state index in [1.54, 1.807) is 0 Å². The van der Waals surface area contributed by atoms with Gasteiger partial charge in [-0.3, -0.25) is 0 Å². The molecule has 1 aromatic rings. The molecule has 0 fully saturated rings. The SMILES string of the molecule is Cc1ccc(Br)cc1N(C)CC(N)CO. The molecule has 3 N–H and O–H groups in total. The number of nitrogens with zero attached hydrogens (tertiary/aromatic N) is 1. The summed E-state index contributed by atoms with van der Waals surface area (Å²) >= 11 is 3.44. The molecule has 0 saturated carbocycles. The lowest BCUT2D eigenvalue weighted by Gasteiger charge is -2.24. The highest BCUT2D eigenvalue weighted by Crippen LogP contribution is 2.23. The smallest absolute Gasteiger partial charge is 0.0599 e. The minimum Gasteiger partial charge on any atom is -0.395 e. The summed E-state index contributed by atoms with van der Waals surface area (Å²) in [7, 11) is 1.98. The summed E-state index contributed by atoms with van der Waals surface area (Å²) < 4.78 is 1.05. The minimum atomic E-state index is -0.201. The standard InChI is InChI=1S/C11H17BrN2O/c1-8-3-4-9(12)5-11(8)14(2)6-10(13)7-15/h3-5,10,15H,6-7,13H2,1-2H3. The van der Waals surface area contributed by atoms with Crippen LogP contribution in [0.2, 0.25) is 0 Å². The van der Waals surface area contributed by atoms with Crippen LogP contribution in [0.4, 0.5) is 5.69 Å². The Labute approximate surface area is 99.0 Å². The number of anilines is 1. The molecular weight excluding hydrogens is 256 g/mol. The number of halogens is 1. The molecule has 0 amide bonds. The summed E-state index contributed by atoms with van der Waals surface area (Å²) in [5.74, 6) is 0. The quantitative estimate of drug-likeness (QED) is 0.874. The molecule has 0 aromatic heterocycles. The van der Waals surface area contributed by atoms with E-state index < -0.39 is 0 Å². The zero-order valence-electron chi connectivity index (χ0n) is 9.07. The number of aliphatic hydroxyl groups is 1. The molecule has 1 unspecified atom stereocenters. The van der Waals surface area contributed by atoms with Crippen LogP contribution in [0.15, 0.2) is 22.7 Å². The Kier molecular flexibility index (Phi) is 4.57. The van der Waals surface area contributed by atoms with Crippen LogP contribution in [-0.2, 0) is 0 Å². The maximum absolute atomic E-state index is 8.89. The topological polar surface area (TPSA) is 49.5 Å². The molecule has 0 aliphatic carbocycles. The van der Waals surface area contributed by atoms with Crippen molar-refractivity contribution >= 4 is 21.6 Å². The molecule has 84 valence electrons. The number of hydrogen-bond acceptors (Lipinski definition) is 3. The summed E-state index contributed by atoms with van der Waals surface area (Å²) in [4.78, 5) is 2.06. The number of likely N-dealkylation sites (N-methyl/N-ethyl adjacent to an activating group) is 1. The zero-order chi connectivity index (χ0) is 11.4. The van der Waals surface area contributed by atoms with Crippen LogP contribution in [0.1, 0.15) is 5.56 Å². The molecule has 4 heteroatoms. The van der Waals surface area contributed by atoms with Crippen LogP contribution in [0.5, 0.6) is 0 Å². The van der Waals surface area contributed by atoms with Gasteiger partial charge in [0.25, 0.3) is 0 Å². The van der Waals surface area contributed by atoms with Gasteiger partial charge in [0.05, 0.1) is 6.61 Å². The monoisotopic (exact) mass is 272 g/mol. The highest BCUT2D eigenvalue weighted by atomic mass is 79.9. The Morgan fingerprint density at radius 1 is 1.53 bits per heavy atom. The normalized spacial score (nSPS) is 12.6. The third-order valence-corrected chi connectivity index (χ3v) is 2.82. The number of rotatable bonds is 4. The Bertz CT molecular complexity index is 330. The van der Waals surface area contributed by atoms with Crippen LogP contribution in [-0.4, -0.2) is 31.3 Å². The fraction of sp³-hybridized carbons (Fsp3) is 0.455. The van der Waals surface area contributed by atoms with Gasteiger partial charge in [-0.25, -0.2) is 0 Å². The van der Waals surface area contributed by atoms with Crippen LogP contribution in [0.25, 0.3) is 0 Å². The van der Waals surface area contributed by atoms with E-state index in [0.29, 0.717) is 6.54 Å². The Morgan fingerprint density at radius 3 is 2.80 bits per heavy atom. The van der Waals surface area contributed by atoms with Crippen molar-refractivity contribution in [2.24, 2.45) is 5.73 Å². The van der Waals surface area contributed by atoms with Crippen molar-refractivity contribution < 1.29 is 5.11 Å². The first-order valence-electron chi connectivity index (χ1n) is 4.88. The predicted molar refractivity (Wildman–Crippen MR) is 67.2 cm³/mol. The Morgan fingerprint density at radius 2 is 2.20 bits per heavy atom. The van der Waals surface area contributed by atoms with E-state index in [4.69, 9.17) is 10.8 Å². The molecule has 0 radical (unpaired) electrons. The maximum Gasteiger partial charge on any atom is 0.0599 e. The second-order valence-electron chi connectivity index (χ2n) is 3.75. The highest BCUT2D eigenvalue weighted by Gasteiger charge is 2.08. The fourth-order valence-electron chi connectivity index (χ4n) is 1.50. The third kappa shape index (κ3) is 3.48. The van der Waals surface area contributed by atoms with Crippen molar-refractivity contribution in [3.05, 3.63) is 28.2 Å². The van der Waals surface area contributed by atoms with Gasteiger partial charge in [-0.05, 0) is 24.6 Å². The van der Waals surface area contributed by atoms with Gasteiger partial charge < -0.3 is 15.7 Å². The largest absolute Gasteiger partial charge is 0.395 e. The molecule has 1 aromatic carbocycles. The number of benzene rings is 1. The lowest BCUT2D eigenvalue weighted by Crippen LogP contribution is -2.38. The van der Waals surface area contributed by atoms with Gasteiger partial charge in [0, 0.05) is 29.8 Å². The first kappa shape index (κ1) is 12.5. The zero-order valence-corrected chi connectivity index (χ0v) is 10.7. The van der Waals surface area contributed by atoms with Gasteiger partial charge in [-0.2, -0.15) is 0 Å². The lowest BCUT2D eigenvalue weighted by atomic mass is 10.2. The van der Waals surface area contributed by atoms with Crippen molar-refractivity contribution in [3.63, 3.8) is 0 Å². The van der Waals surface area contributed by atoms with Crippen molar-refractivity contribution in [1.82, 2.24) is 0 Å². The van der Waals surface area contributed by atoms with Crippen LogP contribution < -0.4 is 10.6 Å². The Hall–Kier alpha value is -0.580. The van der Waals surface area contributed by atoms with Crippen molar-refractivity contribution in [3.8, 4) is 0 Å². The molecule has 15 heavy (non-hydrogen) atoms. The number of hydrogen-bond donors (Lipinski definition) is 2. The molecule has 0 aliphatic heterocycles. The molecular formula is C11H17BrN2O. The van der Waals surface area contributed by atoms with E-state index in [0.717, 1.165) is 10.2 Å². The maximum atomic E-state index is 8.89. The second-order valence-corrected chi connectivity index (χ2v) is 4.67. The summed E-state index contributed by atoms with van der Waals surface area (Å²) in [6.45, 7) is 2.72. The van der Waals surface area contributed by atoms with E-state index >= 15 is 0 Å². The van der Waals surface area contributed by atoms with E-state index in [9.17, 15) is 0 Å². The van der Waals surface area contributed by atoms with Crippen LogP contribution in [0, 0.1) is 6.92 Å². The van der Waals surface area contributed by atoms with E-state index in [1.807, 2.05) is 13.1 Å². The summed E-state index contributed by atoms with van der Waals surface area (Å²) in [6, 6.07) is 5.92. The molecule has 3 nitrogen and oxygen atoms in total.